The van der Waals surface area contributed by atoms with Gasteiger partial charge in [-0.3, -0.25) is 0 Å². The van der Waals surface area contributed by atoms with Crippen molar-refractivity contribution in [2.24, 2.45) is 0 Å². The number of methoxy groups -OCH3 is 1. The molecule has 1 aliphatic rings. The van der Waals surface area contributed by atoms with Crippen LogP contribution in [0.3, 0.4) is 0 Å². The summed E-state index contributed by atoms with van der Waals surface area (Å²) in [6.07, 6.45) is 1.45. The zero-order chi connectivity index (χ0) is 12.1. The van der Waals surface area contributed by atoms with Gasteiger partial charge in [0, 0.05) is 32.2 Å². The molecular formula is C13H17NO3. The molecule has 1 N–H and O–H groups in total. The molecule has 0 aromatic heterocycles. The van der Waals surface area contributed by atoms with Crippen molar-refractivity contribution >= 4 is 11.7 Å². The average molecular weight is 235 g/mol. The molecule has 4 heteroatoms. The summed E-state index contributed by atoms with van der Waals surface area (Å²) < 4.78 is 10.1. The second-order valence-corrected chi connectivity index (χ2v) is 4.07. The summed E-state index contributed by atoms with van der Waals surface area (Å²) >= 11 is 0. The number of fused-ring (bicyclic) bond motifs is 1. The largest absolute Gasteiger partial charge is 0.464 e. The van der Waals surface area contributed by atoms with Crippen molar-refractivity contribution in [3.8, 4) is 0 Å². The summed E-state index contributed by atoms with van der Waals surface area (Å²) in [5.41, 5.74) is 2.21. The molecule has 2 rings (SSSR count). The smallest absolute Gasteiger partial charge is 0.328 e. The average Bonchev–Trinajstić information content (AvgIpc) is 2.78. The Bertz CT molecular complexity index is 367. The van der Waals surface area contributed by atoms with E-state index >= 15 is 0 Å². The summed E-state index contributed by atoms with van der Waals surface area (Å²) in [5, 5.41) is 3.17. The van der Waals surface area contributed by atoms with Crippen LogP contribution in [0, 0.1) is 0 Å². The minimum absolute atomic E-state index is 0.183. The van der Waals surface area contributed by atoms with Crippen LogP contribution in [0.2, 0.25) is 0 Å². The van der Waals surface area contributed by atoms with E-state index < -0.39 is 0 Å². The third kappa shape index (κ3) is 2.97. The molecular weight excluding hydrogens is 218 g/mol. The van der Waals surface area contributed by atoms with Crippen molar-refractivity contribution in [2.75, 3.05) is 25.6 Å². The molecule has 0 amide bonds. The van der Waals surface area contributed by atoms with Gasteiger partial charge in [-0.05, 0) is 11.6 Å². The van der Waals surface area contributed by atoms with Crippen LogP contribution >= 0.6 is 0 Å². The first kappa shape index (κ1) is 11.9. The summed E-state index contributed by atoms with van der Waals surface area (Å²) in [4.78, 5) is 11.8. The predicted octanol–water partition coefficient (Wildman–Crippen LogP) is 1.60. The maximum atomic E-state index is 11.8. The van der Waals surface area contributed by atoms with Gasteiger partial charge >= 0.3 is 5.97 Å². The number of carbonyl (C=O) groups is 1. The molecule has 1 aliphatic heterocycles. The van der Waals surface area contributed by atoms with Gasteiger partial charge in [-0.25, -0.2) is 4.79 Å². The molecule has 0 radical (unpaired) electrons. The molecule has 0 bridgehead atoms. The van der Waals surface area contributed by atoms with Crippen LogP contribution in [-0.2, 0) is 20.7 Å². The van der Waals surface area contributed by atoms with Crippen LogP contribution in [0.15, 0.2) is 24.3 Å². The van der Waals surface area contributed by atoms with Crippen molar-refractivity contribution in [2.45, 2.75) is 18.9 Å². The van der Waals surface area contributed by atoms with E-state index in [-0.39, 0.29) is 12.0 Å². The Morgan fingerprint density at radius 2 is 2.24 bits per heavy atom. The van der Waals surface area contributed by atoms with Crippen molar-refractivity contribution < 1.29 is 14.3 Å². The highest BCUT2D eigenvalue weighted by atomic mass is 16.5. The number of ether oxygens (including phenoxy) is 2. The Balaban J connectivity index is 1.80. The van der Waals surface area contributed by atoms with E-state index in [4.69, 9.17) is 9.47 Å². The molecule has 0 saturated carbocycles. The lowest BCUT2D eigenvalue weighted by Crippen LogP contribution is -2.29. The second kappa shape index (κ2) is 5.68. The third-order valence-electron chi connectivity index (χ3n) is 2.79. The fourth-order valence-corrected chi connectivity index (χ4v) is 1.92. The summed E-state index contributed by atoms with van der Waals surface area (Å²) in [5.74, 6) is -0.183. The van der Waals surface area contributed by atoms with Gasteiger partial charge in [0.15, 0.2) is 0 Å². The van der Waals surface area contributed by atoms with Gasteiger partial charge in [0.2, 0.25) is 0 Å². The maximum absolute atomic E-state index is 11.8. The maximum Gasteiger partial charge on any atom is 0.328 e. The molecule has 1 aromatic rings. The van der Waals surface area contributed by atoms with Crippen LogP contribution in [0.1, 0.15) is 12.0 Å². The van der Waals surface area contributed by atoms with Gasteiger partial charge in [0.25, 0.3) is 0 Å². The van der Waals surface area contributed by atoms with Crippen LogP contribution in [0.4, 0.5) is 5.69 Å². The quantitative estimate of drug-likeness (QED) is 0.622. The van der Waals surface area contributed by atoms with E-state index in [1.165, 1.54) is 5.56 Å². The van der Waals surface area contributed by atoms with E-state index in [0.717, 1.165) is 12.1 Å². The van der Waals surface area contributed by atoms with Crippen molar-refractivity contribution in [1.29, 1.82) is 0 Å². The normalized spacial score (nSPS) is 17.4. The van der Waals surface area contributed by atoms with E-state index in [0.29, 0.717) is 19.6 Å². The fourth-order valence-electron chi connectivity index (χ4n) is 1.92. The summed E-state index contributed by atoms with van der Waals surface area (Å²) in [6.45, 7) is 1.03. The minimum atomic E-state index is -0.241. The molecule has 17 heavy (non-hydrogen) atoms. The first-order chi connectivity index (χ1) is 8.31. The van der Waals surface area contributed by atoms with Crippen molar-refractivity contribution in [3.05, 3.63) is 29.8 Å². The number of benzene rings is 1. The van der Waals surface area contributed by atoms with Crippen LogP contribution in [0.25, 0.3) is 0 Å². The highest BCUT2D eigenvalue weighted by Gasteiger charge is 2.27. The van der Waals surface area contributed by atoms with Gasteiger partial charge in [-0.2, -0.15) is 0 Å². The highest BCUT2D eigenvalue weighted by molar-refractivity contribution is 5.82. The molecule has 0 unspecified atom stereocenters. The van der Waals surface area contributed by atoms with Gasteiger partial charge in [0.05, 0.1) is 6.61 Å². The summed E-state index contributed by atoms with van der Waals surface area (Å²) in [6, 6.07) is 7.70. The Morgan fingerprint density at radius 1 is 1.41 bits per heavy atom. The Morgan fingerprint density at radius 3 is 3.00 bits per heavy atom. The van der Waals surface area contributed by atoms with E-state index in [9.17, 15) is 4.79 Å². The monoisotopic (exact) mass is 235 g/mol. The van der Waals surface area contributed by atoms with Gasteiger partial charge < -0.3 is 14.8 Å². The number of anilines is 1. The number of hydrogen-bond donors (Lipinski definition) is 1. The number of carbonyl (C=O) groups excluding carboxylic acids is 1. The second-order valence-electron chi connectivity index (χ2n) is 4.07. The van der Waals surface area contributed by atoms with Gasteiger partial charge in [-0.1, -0.05) is 18.2 Å². The van der Waals surface area contributed by atoms with E-state index in [1.807, 2.05) is 24.3 Å². The van der Waals surface area contributed by atoms with Crippen LogP contribution in [0.5, 0.6) is 0 Å². The molecule has 1 heterocycles. The third-order valence-corrected chi connectivity index (χ3v) is 2.79. The molecule has 1 aromatic carbocycles. The molecule has 4 nitrogen and oxygen atoms in total. The van der Waals surface area contributed by atoms with E-state index in [2.05, 4.69) is 5.32 Å². The first-order valence-electron chi connectivity index (χ1n) is 5.81. The molecule has 92 valence electrons. The minimum Gasteiger partial charge on any atom is -0.464 e. The molecule has 0 spiro atoms. The Labute approximate surface area is 101 Å². The first-order valence-corrected chi connectivity index (χ1v) is 5.81. The lowest BCUT2D eigenvalue weighted by molar-refractivity contribution is -0.144. The van der Waals surface area contributed by atoms with Gasteiger partial charge in [-0.15, -0.1) is 0 Å². The highest BCUT2D eigenvalue weighted by Crippen LogP contribution is 2.25. The molecule has 0 saturated heterocycles. The Kier molecular flexibility index (Phi) is 3.98. The number of hydrogen-bond acceptors (Lipinski definition) is 4. The fraction of sp³-hybridized carbons (Fsp3) is 0.462. The predicted molar refractivity (Wildman–Crippen MR) is 65.0 cm³/mol. The van der Waals surface area contributed by atoms with Crippen LogP contribution in [-0.4, -0.2) is 32.3 Å². The van der Waals surface area contributed by atoms with Crippen molar-refractivity contribution in [3.63, 3.8) is 0 Å². The molecule has 0 aliphatic carbocycles. The standard InChI is InChI=1S/C13H17NO3/c1-16-7-4-8-17-13(15)12-9-10-5-2-3-6-11(10)14-12/h2-3,5-6,12,14H,4,7-9H2,1H3/t12-/m0/s1. The lowest BCUT2D eigenvalue weighted by atomic mass is 10.1. The zero-order valence-corrected chi connectivity index (χ0v) is 9.94. The lowest BCUT2D eigenvalue weighted by Gasteiger charge is -2.10. The van der Waals surface area contributed by atoms with Crippen molar-refractivity contribution in [1.82, 2.24) is 0 Å². The Hall–Kier alpha value is -1.55. The van der Waals surface area contributed by atoms with E-state index in [1.54, 1.807) is 7.11 Å². The SMILES string of the molecule is COCCCOC(=O)[C@@H]1Cc2ccccc2N1. The molecule has 0 fully saturated rings. The number of rotatable bonds is 5. The number of nitrogens with one attached hydrogen (secondary N) is 1. The van der Waals surface area contributed by atoms with Crippen LogP contribution < -0.4 is 5.32 Å². The zero-order valence-electron chi connectivity index (χ0n) is 9.94. The topological polar surface area (TPSA) is 47.6 Å². The number of para-hydroxylation sites is 1. The summed E-state index contributed by atoms with van der Waals surface area (Å²) in [7, 11) is 1.64. The number of esters is 1. The van der Waals surface area contributed by atoms with Gasteiger partial charge in [0.1, 0.15) is 6.04 Å². The molecule has 1 atom stereocenters.